The number of nitrogens with zero attached hydrogens (tertiary/aromatic N) is 2. The van der Waals surface area contributed by atoms with Crippen LogP contribution in [0.2, 0.25) is 0 Å². The number of carbonyl (C=O) groups excluding carboxylic acids is 1. The molecule has 3 heteroatoms. The highest BCUT2D eigenvalue weighted by atomic mass is 16.2. The number of hydrogen-bond acceptors (Lipinski definition) is 2. The first-order valence-corrected chi connectivity index (χ1v) is 3.47. The molecule has 0 fully saturated rings. The van der Waals surface area contributed by atoms with Crippen molar-refractivity contribution in [1.82, 2.24) is 9.55 Å². The Morgan fingerprint density at radius 3 is 3.09 bits per heavy atom. The number of rotatable bonds is 2. The highest BCUT2D eigenvalue weighted by Crippen LogP contribution is 1.91. The molecule has 0 atom stereocenters. The van der Waals surface area contributed by atoms with Crippen LogP contribution in [0.3, 0.4) is 0 Å². The van der Waals surface area contributed by atoms with Crippen LogP contribution in [0.5, 0.6) is 0 Å². The van der Waals surface area contributed by atoms with Crippen LogP contribution < -0.4 is 0 Å². The molecule has 1 heterocycles. The molecule has 0 aliphatic heterocycles. The van der Waals surface area contributed by atoms with Gasteiger partial charge in [0.25, 0.3) is 0 Å². The average Bonchev–Trinajstić information content (AvgIpc) is 2.52. The predicted molar refractivity (Wildman–Crippen MR) is 42.3 cm³/mol. The third kappa shape index (κ3) is 2.04. The first-order valence-electron chi connectivity index (χ1n) is 3.47. The van der Waals surface area contributed by atoms with Crippen molar-refractivity contribution in [3.63, 3.8) is 0 Å². The molecule has 0 aromatic carbocycles. The van der Waals surface area contributed by atoms with E-state index in [1.807, 2.05) is 19.1 Å². The van der Waals surface area contributed by atoms with Gasteiger partial charge in [0.15, 0.2) is 0 Å². The maximum atomic E-state index is 11.1. The Kier molecular flexibility index (Phi) is 2.60. The van der Waals surface area contributed by atoms with Crippen LogP contribution in [0.4, 0.5) is 0 Å². The zero-order valence-corrected chi connectivity index (χ0v) is 6.40. The standard InChI is InChI=1S/C8H10N2O/c1-2-3-4-8(11)10-6-5-9-7-10/h2-3,5-7H,4H2,1H3/b3-2+. The minimum atomic E-state index is 0.0422. The number of aromatic nitrogens is 2. The summed E-state index contributed by atoms with van der Waals surface area (Å²) in [5.74, 6) is 0.0422. The summed E-state index contributed by atoms with van der Waals surface area (Å²) < 4.78 is 1.47. The molecular formula is C8H10N2O. The van der Waals surface area contributed by atoms with E-state index >= 15 is 0 Å². The molecule has 0 saturated carbocycles. The molecule has 11 heavy (non-hydrogen) atoms. The van der Waals surface area contributed by atoms with Crippen LogP contribution in [0.15, 0.2) is 30.9 Å². The van der Waals surface area contributed by atoms with Crippen LogP contribution in [-0.4, -0.2) is 15.5 Å². The second kappa shape index (κ2) is 3.71. The van der Waals surface area contributed by atoms with E-state index in [1.165, 1.54) is 10.9 Å². The van der Waals surface area contributed by atoms with Gasteiger partial charge in [0.2, 0.25) is 5.91 Å². The Hall–Kier alpha value is -1.38. The molecule has 0 saturated heterocycles. The van der Waals surface area contributed by atoms with Gasteiger partial charge in [-0.2, -0.15) is 0 Å². The molecule has 0 aliphatic rings. The van der Waals surface area contributed by atoms with Crippen LogP contribution >= 0.6 is 0 Å². The summed E-state index contributed by atoms with van der Waals surface area (Å²) >= 11 is 0. The molecular weight excluding hydrogens is 140 g/mol. The fourth-order valence-electron chi connectivity index (χ4n) is 0.731. The highest BCUT2D eigenvalue weighted by Gasteiger charge is 1.98. The lowest BCUT2D eigenvalue weighted by atomic mass is 10.3. The van der Waals surface area contributed by atoms with Crippen molar-refractivity contribution in [3.8, 4) is 0 Å². The molecule has 1 aromatic heterocycles. The van der Waals surface area contributed by atoms with Gasteiger partial charge in [-0.1, -0.05) is 12.2 Å². The third-order valence-electron chi connectivity index (χ3n) is 1.32. The maximum absolute atomic E-state index is 11.1. The maximum Gasteiger partial charge on any atom is 0.235 e. The molecule has 58 valence electrons. The van der Waals surface area contributed by atoms with Crippen molar-refractivity contribution in [3.05, 3.63) is 30.9 Å². The van der Waals surface area contributed by atoms with Crippen molar-refractivity contribution in [2.45, 2.75) is 13.3 Å². The molecule has 0 N–H and O–H groups in total. The van der Waals surface area contributed by atoms with Gasteiger partial charge in [0.1, 0.15) is 6.33 Å². The summed E-state index contributed by atoms with van der Waals surface area (Å²) in [5.41, 5.74) is 0. The van der Waals surface area contributed by atoms with E-state index in [-0.39, 0.29) is 5.91 Å². The van der Waals surface area contributed by atoms with Gasteiger partial charge in [0, 0.05) is 18.8 Å². The lowest BCUT2D eigenvalue weighted by molar-refractivity contribution is 0.0917. The molecule has 0 spiro atoms. The Labute approximate surface area is 65.4 Å². The molecule has 0 aliphatic carbocycles. The second-order valence-electron chi connectivity index (χ2n) is 2.14. The fourth-order valence-corrected chi connectivity index (χ4v) is 0.731. The minimum absolute atomic E-state index is 0.0422. The number of imidazole rings is 1. The fraction of sp³-hybridized carbons (Fsp3) is 0.250. The minimum Gasteiger partial charge on any atom is -0.276 e. The topological polar surface area (TPSA) is 34.9 Å². The van der Waals surface area contributed by atoms with Gasteiger partial charge in [-0.05, 0) is 6.92 Å². The number of allylic oxidation sites excluding steroid dienone is 2. The van der Waals surface area contributed by atoms with Crippen molar-refractivity contribution >= 4 is 5.91 Å². The Morgan fingerprint density at radius 1 is 1.73 bits per heavy atom. The third-order valence-corrected chi connectivity index (χ3v) is 1.32. The van der Waals surface area contributed by atoms with Crippen molar-refractivity contribution < 1.29 is 4.79 Å². The van der Waals surface area contributed by atoms with Gasteiger partial charge in [0.05, 0.1) is 0 Å². The van der Waals surface area contributed by atoms with Gasteiger partial charge < -0.3 is 0 Å². The van der Waals surface area contributed by atoms with E-state index in [4.69, 9.17) is 0 Å². The van der Waals surface area contributed by atoms with E-state index in [9.17, 15) is 4.79 Å². The van der Waals surface area contributed by atoms with E-state index in [1.54, 1.807) is 12.4 Å². The predicted octanol–water partition coefficient (Wildman–Crippen LogP) is 1.49. The lowest BCUT2D eigenvalue weighted by Crippen LogP contribution is -2.05. The quantitative estimate of drug-likeness (QED) is 0.598. The molecule has 0 unspecified atom stereocenters. The van der Waals surface area contributed by atoms with Crippen LogP contribution in [0, 0.1) is 0 Å². The van der Waals surface area contributed by atoms with E-state index in [0.717, 1.165) is 0 Å². The Bertz CT molecular complexity index is 249. The Morgan fingerprint density at radius 2 is 2.55 bits per heavy atom. The van der Waals surface area contributed by atoms with Crippen LogP contribution in [0.1, 0.15) is 18.1 Å². The molecule has 0 amide bonds. The highest BCUT2D eigenvalue weighted by molar-refractivity contribution is 5.79. The van der Waals surface area contributed by atoms with Gasteiger partial charge in [-0.25, -0.2) is 4.98 Å². The molecule has 0 radical (unpaired) electrons. The van der Waals surface area contributed by atoms with Crippen molar-refractivity contribution in [1.29, 1.82) is 0 Å². The van der Waals surface area contributed by atoms with Gasteiger partial charge in [-0.3, -0.25) is 9.36 Å². The normalized spacial score (nSPS) is 10.6. The van der Waals surface area contributed by atoms with Crippen molar-refractivity contribution in [2.24, 2.45) is 0 Å². The van der Waals surface area contributed by atoms with E-state index in [0.29, 0.717) is 6.42 Å². The van der Waals surface area contributed by atoms with E-state index in [2.05, 4.69) is 4.98 Å². The van der Waals surface area contributed by atoms with Gasteiger partial charge >= 0.3 is 0 Å². The summed E-state index contributed by atoms with van der Waals surface area (Å²) in [7, 11) is 0. The SMILES string of the molecule is C/C=C/CC(=O)n1ccnc1. The van der Waals surface area contributed by atoms with Crippen molar-refractivity contribution in [2.75, 3.05) is 0 Å². The summed E-state index contributed by atoms with van der Waals surface area (Å²) in [6.07, 6.45) is 8.86. The lowest BCUT2D eigenvalue weighted by Gasteiger charge is -1.94. The summed E-state index contributed by atoms with van der Waals surface area (Å²) in [5, 5.41) is 0. The molecule has 3 nitrogen and oxygen atoms in total. The van der Waals surface area contributed by atoms with Crippen LogP contribution in [-0.2, 0) is 0 Å². The first-order chi connectivity index (χ1) is 5.34. The zero-order valence-electron chi connectivity index (χ0n) is 6.40. The molecule has 0 bridgehead atoms. The number of hydrogen-bond donors (Lipinski definition) is 0. The molecule has 1 rings (SSSR count). The van der Waals surface area contributed by atoms with Crippen LogP contribution in [0.25, 0.3) is 0 Å². The first kappa shape index (κ1) is 7.72. The summed E-state index contributed by atoms with van der Waals surface area (Å²) in [6.45, 7) is 1.89. The summed E-state index contributed by atoms with van der Waals surface area (Å²) in [4.78, 5) is 14.9. The summed E-state index contributed by atoms with van der Waals surface area (Å²) in [6, 6.07) is 0. The molecule has 1 aromatic rings. The number of carbonyl (C=O) groups is 1. The second-order valence-corrected chi connectivity index (χ2v) is 2.14. The monoisotopic (exact) mass is 150 g/mol. The zero-order chi connectivity index (χ0) is 8.10. The largest absolute Gasteiger partial charge is 0.276 e. The average molecular weight is 150 g/mol. The smallest absolute Gasteiger partial charge is 0.235 e. The Balaban J connectivity index is 2.56. The van der Waals surface area contributed by atoms with Gasteiger partial charge in [-0.15, -0.1) is 0 Å². The van der Waals surface area contributed by atoms with E-state index < -0.39 is 0 Å².